The molecule has 2 aliphatic heterocycles. The third-order valence-corrected chi connectivity index (χ3v) is 6.50. The number of para-hydroxylation sites is 1. The summed E-state index contributed by atoms with van der Waals surface area (Å²) in [4.78, 5) is 41.5. The van der Waals surface area contributed by atoms with Gasteiger partial charge in [-0.3, -0.25) is 14.7 Å². The van der Waals surface area contributed by atoms with Gasteiger partial charge in [0.15, 0.2) is 0 Å². The van der Waals surface area contributed by atoms with E-state index in [0.717, 1.165) is 41.4 Å². The molecule has 0 aliphatic carbocycles. The Labute approximate surface area is 191 Å². The van der Waals surface area contributed by atoms with Gasteiger partial charge in [-0.1, -0.05) is 24.3 Å². The van der Waals surface area contributed by atoms with Gasteiger partial charge in [-0.2, -0.15) is 5.10 Å². The number of hydrogen-bond acceptors (Lipinski definition) is 4. The Kier molecular flexibility index (Phi) is 5.68. The Balaban J connectivity index is 1.12. The highest BCUT2D eigenvalue weighted by atomic mass is 16.2. The van der Waals surface area contributed by atoms with Gasteiger partial charge in [0.2, 0.25) is 5.91 Å². The van der Waals surface area contributed by atoms with Crippen LogP contribution < -0.4 is 10.6 Å². The summed E-state index contributed by atoms with van der Waals surface area (Å²) >= 11 is 0. The molecule has 1 aromatic heterocycles. The molecule has 0 bridgehead atoms. The average molecular weight is 447 g/mol. The normalized spacial score (nSPS) is 16.8. The lowest BCUT2D eigenvalue weighted by Crippen LogP contribution is -2.51. The number of likely N-dealkylation sites (tertiary alicyclic amines) is 1. The third-order valence-electron chi connectivity index (χ3n) is 6.50. The quantitative estimate of drug-likeness (QED) is 0.571. The molecule has 5 rings (SSSR count). The number of aromatic amines is 1. The second-order valence-electron chi connectivity index (χ2n) is 8.50. The summed E-state index contributed by atoms with van der Waals surface area (Å²) in [6.07, 6.45) is 3.95. The number of nitrogens with zero attached hydrogens (tertiary/aromatic N) is 3. The predicted molar refractivity (Wildman–Crippen MR) is 124 cm³/mol. The molecule has 170 valence electrons. The lowest BCUT2D eigenvalue weighted by Gasteiger charge is -2.38. The lowest BCUT2D eigenvalue weighted by atomic mass is 10.0. The summed E-state index contributed by atoms with van der Waals surface area (Å²) in [5.74, 6) is -0.410. The molecule has 4 amide bonds. The van der Waals surface area contributed by atoms with E-state index < -0.39 is 0 Å². The number of nitrogens with one attached hydrogen (secondary N) is 3. The first kappa shape index (κ1) is 21.0. The molecule has 9 nitrogen and oxygen atoms in total. The molecule has 2 aliphatic rings. The smallest absolute Gasteiger partial charge is 0.322 e. The van der Waals surface area contributed by atoms with Crippen LogP contribution in [0.1, 0.15) is 28.8 Å². The van der Waals surface area contributed by atoms with Crippen molar-refractivity contribution in [3.05, 3.63) is 59.8 Å². The molecule has 0 saturated carbocycles. The number of H-pyrrole nitrogens is 1. The Morgan fingerprint density at radius 1 is 1.09 bits per heavy atom. The largest absolute Gasteiger partial charge is 0.343 e. The minimum Gasteiger partial charge on any atom is -0.343 e. The van der Waals surface area contributed by atoms with Gasteiger partial charge >= 0.3 is 6.03 Å². The first-order valence-electron chi connectivity index (χ1n) is 11.2. The Morgan fingerprint density at radius 2 is 1.91 bits per heavy atom. The zero-order valence-corrected chi connectivity index (χ0v) is 18.2. The van der Waals surface area contributed by atoms with Crippen molar-refractivity contribution in [2.24, 2.45) is 0 Å². The fraction of sp³-hybridized carbons (Fsp3) is 0.333. The number of urea groups is 1. The van der Waals surface area contributed by atoms with Crippen LogP contribution in [0.15, 0.2) is 48.7 Å². The van der Waals surface area contributed by atoms with Crippen LogP contribution in [-0.4, -0.2) is 70.1 Å². The zero-order chi connectivity index (χ0) is 22.8. The van der Waals surface area contributed by atoms with Crippen LogP contribution in [0.3, 0.4) is 0 Å². The van der Waals surface area contributed by atoms with Crippen molar-refractivity contribution in [1.82, 2.24) is 25.3 Å². The number of carbonyl (C=O) groups is 3. The summed E-state index contributed by atoms with van der Waals surface area (Å²) < 4.78 is 0. The molecule has 1 fully saturated rings. The number of carbonyl (C=O) groups excluding carboxylic acids is 3. The number of fused-ring (bicyclic) bond motifs is 2. The van der Waals surface area contributed by atoms with Crippen molar-refractivity contribution in [2.75, 3.05) is 31.5 Å². The van der Waals surface area contributed by atoms with E-state index in [1.165, 1.54) is 0 Å². The van der Waals surface area contributed by atoms with E-state index in [2.05, 4.69) is 20.8 Å². The van der Waals surface area contributed by atoms with Crippen LogP contribution in [0.5, 0.6) is 0 Å². The van der Waals surface area contributed by atoms with Gasteiger partial charge in [0.1, 0.15) is 0 Å². The minimum absolute atomic E-state index is 0.0516. The summed E-state index contributed by atoms with van der Waals surface area (Å²) in [6.45, 7) is 1.74. The second kappa shape index (κ2) is 8.93. The summed E-state index contributed by atoms with van der Waals surface area (Å²) in [7, 11) is 0. The number of hydrogen-bond donors (Lipinski definition) is 3. The van der Waals surface area contributed by atoms with Crippen molar-refractivity contribution in [3.8, 4) is 0 Å². The van der Waals surface area contributed by atoms with Crippen LogP contribution in [0.2, 0.25) is 0 Å². The van der Waals surface area contributed by atoms with Crippen LogP contribution in [0.4, 0.5) is 10.5 Å². The number of piperidine rings is 1. The van der Waals surface area contributed by atoms with E-state index >= 15 is 0 Å². The van der Waals surface area contributed by atoms with Crippen LogP contribution >= 0.6 is 0 Å². The van der Waals surface area contributed by atoms with E-state index in [4.69, 9.17) is 0 Å². The highest BCUT2D eigenvalue weighted by molar-refractivity contribution is 5.99. The first-order valence-corrected chi connectivity index (χ1v) is 11.2. The molecule has 3 N–H and O–H groups in total. The maximum Gasteiger partial charge on any atom is 0.322 e. The number of amides is 4. The number of anilines is 1. The summed E-state index contributed by atoms with van der Waals surface area (Å²) in [6, 6.07) is 13.2. The molecule has 33 heavy (non-hydrogen) atoms. The zero-order valence-electron chi connectivity index (χ0n) is 18.2. The van der Waals surface area contributed by atoms with Gasteiger partial charge < -0.3 is 20.4 Å². The molecule has 2 aromatic carbocycles. The highest BCUT2D eigenvalue weighted by Gasteiger charge is 2.31. The van der Waals surface area contributed by atoms with Gasteiger partial charge in [-0.25, -0.2) is 4.79 Å². The van der Waals surface area contributed by atoms with Gasteiger partial charge in [-0.15, -0.1) is 0 Å². The van der Waals surface area contributed by atoms with E-state index in [9.17, 15) is 14.4 Å². The molecule has 0 atom stereocenters. The number of rotatable bonds is 4. The number of aromatic nitrogens is 2. The predicted octanol–water partition coefficient (Wildman–Crippen LogP) is 2.37. The van der Waals surface area contributed by atoms with Gasteiger partial charge in [0.25, 0.3) is 5.91 Å². The third kappa shape index (κ3) is 4.39. The second-order valence-corrected chi connectivity index (χ2v) is 8.50. The molecule has 1 saturated heterocycles. The van der Waals surface area contributed by atoms with Crippen molar-refractivity contribution >= 4 is 34.4 Å². The molecular formula is C24H26N6O3. The first-order chi connectivity index (χ1) is 16.1. The molecule has 3 heterocycles. The highest BCUT2D eigenvalue weighted by Crippen LogP contribution is 2.24. The van der Waals surface area contributed by atoms with E-state index in [1.54, 1.807) is 23.2 Å². The summed E-state index contributed by atoms with van der Waals surface area (Å²) in [5, 5.41) is 13.4. The minimum atomic E-state index is -0.296. The standard InChI is InChI=1S/C24H26N6O3/c31-22(15-25-23(32)17-5-6-18-14-26-28-21(18)13-17)29-10-8-19(9-11-29)30-12-7-16-3-1-2-4-20(16)27-24(30)33/h1-6,13-14,19H,7-12,15H2,(H,25,32)(H,26,28)(H,27,33). The Hall–Kier alpha value is -3.88. The molecule has 0 unspecified atom stereocenters. The van der Waals surface area contributed by atoms with Crippen LogP contribution in [0.25, 0.3) is 10.9 Å². The average Bonchev–Trinajstić information content (AvgIpc) is 3.24. The molecular weight excluding hydrogens is 420 g/mol. The monoisotopic (exact) mass is 446 g/mol. The van der Waals surface area contributed by atoms with E-state index in [1.807, 2.05) is 35.2 Å². The van der Waals surface area contributed by atoms with Crippen LogP contribution in [-0.2, 0) is 11.2 Å². The Bertz CT molecular complexity index is 1200. The van der Waals surface area contributed by atoms with Gasteiger partial charge in [0, 0.05) is 42.3 Å². The van der Waals surface area contributed by atoms with Gasteiger partial charge in [-0.05, 0) is 43.0 Å². The van der Waals surface area contributed by atoms with Crippen molar-refractivity contribution in [1.29, 1.82) is 0 Å². The van der Waals surface area contributed by atoms with Crippen molar-refractivity contribution in [2.45, 2.75) is 25.3 Å². The summed E-state index contributed by atoms with van der Waals surface area (Å²) in [5.41, 5.74) is 3.27. The number of benzene rings is 2. The molecule has 9 heteroatoms. The SMILES string of the molecule is O=C(NCC(=O)N1CCC(N2CCc3ccccc3NC2=O)CC1)c1ccc2cn[nH]c2c1. The molecule has 0 radical (unpaired) electrons. The van der Waals surface area contributed by atoms with Crippen LogP contribution in [0, 0.1) is 0 Å². The Morgan fingerprint density at radius 3 is 2.76 bits per heavy atom. The fourth-order valence-corrected chi connectivity index (χ4v) is 4.61. The lowest BCUT2D eigenvalue weighted by molar-refractivity contribution is -0.131. The molecule has 3 aromatic rings. The van der Waals surface area contributed by atoms with Gasteiger partial charge in [0.05, 0.1) is 18.3 Å². The van der Waals surface area contributed by atoms with E-state index in [-0.39, 0.29) is 30.4 Å². The van der Waals surface area contributed by atoms with Crippen molar-refractivity contribution in [3.63, 3.8) is 0 Å². The fourth-order valence-electron chi connectivity index (χ4n) is 4.61. The topological polar surface area (TPSA) is 110 Å². The maximum atomic E-state index is 12.7. The molecule has 0 spiro atoms. The van der Waals surface area contributed by atoms with E-state index in [0.29, 0.717) is 25.2 Å². The van der Waals surface area contributed by atoms with Crippen molar-refractivity contribution < 1.29 is 14.4 Å². The maximum absolute atomic E-state index is 12.7.